The first-order chi connectivity index (χ1) is 6.46. The summed E-state index contributed by atoms with van der Waals surface area (Å²) >= 11 is 0. The molecule has 1 aliphatic rings. The van der Waals surface area contributed by atoms with Crippen LogP contribution in [0.2, 0.25) is 0 Å². The third kappa shape index (κ3) is 2.48. The Morgan fingerprint density at radius 3 is 2.14 bits per heavy atom. The molecule has 84 valence electrons. The van der Waals surface area contributed by atoms with Gasteiger partial charge in [-0.05, 0) is 50.6 Å². The van der Waals surface area contributed by atoms with Gasteiger partial charge in [0.2, 0.25) is 0 Å². The van der Waals surface area contributed by atoms with E-state index in [1.54, 1.807) is 0 Å². The van der Waals surface area contributed by atoms with Gasteiger partial charge in [0.05, 0.1) is 5.60 Å². The summed E-state index contributed by atoms with van der Waals surface area (Å²) in [4.78, 5) is 0. The van der Waals surface area contributed by atoms with Gasteiger partial charge in [0.15, 0.2) is 0 Å². The van der Waals surface area contributed by atoms with Crippen LogP contribution in [0.4, 0.5) is 0 Å². The lowest BCUT2D eigenvalue weighted by Crippen LogP contribution is -2.47. The van der Waals surface area contributed by atoms with E-state index in [4.69, 9.17) is 0 Å². The van der Waals surface area contributed by atoms with Crippen LogP contribution in [-0.4, -0.2) is 23.8 Å². The molecule has 2 unspecified atom stereocenters. The van der Waals surface area contributed by atoms with Crippen LogP contribution in [0.15, 0.2) is 0 Å². The standard InChI is InChI=1S/C12H25NO/c1-9(2)10(3)12(4,14)11-5-7-13-8-6-11/h9-11,13-14H,5-8H2,1-4H3. The molecule has 14 heavy (non-hydrogen) atoms. The van der Waals surface area contributed by atoms with Crippen molar-refractivity contribution >= 4 is 0 Å². The minimum absolute atomic E-state index is 0.380. The summed E-state index contributed by atoms with van der Waals surface area (Å²) in [5, 5.41) is 13.9. The number of hydrogen-bond acceptors (Lipinski definition) is 2. The van der Waals surface area contributed by atoms with Crippen LogP contribution in [0.1, 0.15) is 40.5 Å². The molecule has 0 amide bonds. The van der Waals surface area contributed by atoms with Gasteiger partial charge in [-0.3, -0.25) is 0 Å². The van der Waals surface area contributed by atoms with Crippen molar-refractivity contribution in [3.8, 4) is 0 Å². The molecule has 2 heteroatoms. The van der Waals surface area contributed by atoms with Gasteiger partial charge in [0.25, 0.3) is 0 Å². The maximum Gasteiger partial charge on any atom is 0.0676 e. The van der Waals surface area contributed by atoms with Gasteiger partial charge in [-0.1, -0.05) is 20.8 Å². The number of piperidine rings is 1. The van der Waals surface area contributed by atoms with Crippen LogP contribution < -0.4 is 5.32 Å². The van der Waals surface area contributed by atoms with Crippen molar-refractivity contribution in [3.05, 3.63) is 0 Å². The Labute approximate surface area is 88.1 Å². The van der Waals surface area contributed by atoms with Crippen molar-refractivity contribution in [2.45, 2.75) is 46.1 Å². The maximum atomic E-state index is 10.6. The van der Waals surface area contributed by atoms with Crippen molar-refractivity contribution in [3.63, 3.8) is 0 Å². The zero-order valence-corrected chi connectivity index (χ0v) is 10.0. The van der Waals surface area contributed by atoms with Crippen LogP contribution in [-0.2, 0) is 0 Å². The first-order valence-corrected chi connectivity index (χ1v) is 5.89. The summed E-state index contributed by atoms with van der Waals surface area (Å²) in [5.74, 6) is 1.41. The summed E-state index contributed by atoms with van der Waals surface area (Å²) in [6.45, 7) is 10.7. The zero-order chi connectivity index (χ0) is 10.8. The molecule has 2 nitrogen and oxygen atoms in total. The fraction of sp³-hybridized carbons (Fsp3) is 1.00. The van der Waals surface area contributed by atoms with E-state index < -0.39 is 5.60 Å². The lowest BCUT2D eigenvalue weighted by Gasteiger charge is -2.41. The normalized spacial score (nSPS) is 26.1. The third-order valence-electron chi connectivity index (χ3n) is 4.09. The molecule has 0 saturated carbocycles. The Kier molecular flexibility index (Phi) is 3.96. The van der Waals surface area contributed by atoms with Crippen molar-refractivity contribution in [1.82, 2.24) is 5.32 Å². The molecule has 0 aromatic carbocycles. The molecule has 2 atom stereocenters. The summed E-state index contributed by atoms with van der Waals surface area (Å²) in [7, 11) is 0. The maximum absolute atomic E-state index is 10.6. The molecular weight excluding hydrogens is 174 g/mol. The average molecular weight is 199 g/mol. The molecule has 0 aliphatic carbocycles. The number of hydrogen-bond donors (Lipinski definition) is 2. The highest BCUT2D eigenvalue weighted by Crippen LogP contribution is 2.35. The summed E-state index contributed by atoms with van der Waals surface area (Å²) in [6, 6.07) is 0. The zero-order valence-electron chi connectivity index (χ0n) is 10.0. The fourth-order valence-electron chi connectivity index (χ4n) is 2.45. The Hall–Kier alpha value is -0.0800. The Morgan fingerprint density at radius 2 is 1.71 bits per heavy atom. The van der Waals surface area contributed by atoms with Gasteiger partial charge < -0.3 is 10.4 Å². The SMILES string of the molecule is CC(C)C(C)C(C)(O)C1CCNCC1. The number of aliphatic hydroxyl groups is 1. The topological polar surface area (TPSA) is 32.3 Å². The van der Waals surface area contributed by atoms with Crippen molar-refractivity contribution in [1.29, 1.82) is 0 Å². The van der Waals surface area contributed by atoms with E-state index in [1.165, 1.54) is 0 Å². The quantitative estimate of drug-likeness (QED) is 0.729. The second-order valence-electron chi connectivity index (χ2n) is 5.28. The Balaban J connectivity index is 2.61. The number of nitrogens with one attached hydrogen (secondary N) is 1. The van der Waals surface area contributed by atoms with Crippen LogP contribution >= 0.6 is 0 Å². The second-order valence-corrected chi connectivity index (χ2v) is 5.28. The summed E-state index contributed by atoms with van der Waals surface area (Å²) in [6.07, 6.45) is 2.23. The molecule has 0 radical (unpaired) electrons. The highest BCUT2D eigenvalue weighted by atomic mass is 16.3. The van der Waals surface area contributed by atoms with Gasteiger partial charge in [-0.15, -0.1) is 0 Å². The van der Waals surface area contributed by atoms with E-state index in [0.717, 1.165) is 25.9 Å². The second kappa shape index (κ2) is 4.63. The molecule has 1 fully saturated rings. The molecule has 1 aliphatic heterocycles. The first-order valence-electron chi connectivity index (χ1n) is 5.89. The van der Waals surface area contributed by atoms with E-state index in [-0.39, 0.29) is 0 Å². The molecule has 1 saturated heterocycles. The largest absolute Gasteiger partial charge is 0.390 e. The van der Waals surface area contributed by atoms with E-state index >= 15 is 0 Å². The van der Waals surface area contributed by atoms with Gasteiger partial charge in [-0.2, -0.15) is 0 Å². The molecule has 0 aromatic heterocycles. The van der Waals surface area contributed by atoms with Crippen LogP contribution in [0, 0.1) is 17.8 Å². The predicted molar refractivity (Wildman–Crippen MR) is 60.2 cm³/mol. The molecule has 1 heterocycles. The van der Waals surface area contributed by atoms with Crippen molar-refractivity contribution in [2.24, 2.45) is 17.8 Å². The Morgan fingerprint density at radius 1 is 1.21 bits per heavy atom. The minimum atomic E-state index is -0.490. The summed E-state index contributed by atoms with van der Waals surface area (Å²) < 4.78 is 0. The third-order valence-corrected chi connectivity index (χ3v) is 4.09. The van der Waals surface area contributed by atoms with Gasteiger partial charge in [-0.25, -0.2) is 0 Å². The lowest BCUT2D eigenvalue weighted by atomic mass is 9.71. The van der Waals surface area contributed by atoms with Gasteiger partial charge in [0.1, 0.15) is 0 Å². The molecule has 1 rings (SSSR count). The molecule has 0 aromatic rings. The smallest absolute Gasteiger partial charge is 0.0676 e. The van der Waals surface area contributed by atoms with E-state index in [2.05, 4.69) is 26.1 Å². The van der Waals surface area contributed by atoms with Crippen LogP contribution in [0.25, 0.3) is 0 Å². The van der Waals surface area contributed by atoms with Crippen molar-refractivity contribution in [2.75, 3.05) is 13.1 Å². The van der Waals surface area contributed by atoms with Crippen molar-refractivity contribution < 1.29 is 5.11 Å². The average Bonchev–Trinajstić information content (AvgIpc) is 2.18. The van der Waals surface area contributed by atoms with Crippen LogP contribution in [0.5, 0.6) is 0 Å². The highest BCUT2D eigenvalue weighted by Gasteiger charge is 2.38. The molecular formula is C12H25NO. The predicted octanol–water partition coefficient (Wildman–Crippen LogP) is 2.03. The van der Waals surface area contributed by atoms with Crippen LogP contribution in [0.3, 0.4) is 0 Å². The van der Waals surface area contributed by atoms with E-state index in [0.29, 0.717) is 17.8 Å². The molecule has 0 bridgehead atoms. The van der Waals surface area contributed by atoms with Gasteiger partial charge >= 0.3 is 0 Å². The Bertz CT molecular complexity index is 171. The van der Waals surface area contributed by atoms with E-state index in [1.807, 2.05) is 6.92 Å². The lowest BCUT2D eigenvalue weighted by molar-refractivity contribution is -0.0717. The first kappa shape index (κ1) is 12.0. The summed E-state index contributed by atoms with van der Waals surface area (Å²) in [5.41, 5.74) is -0.490. The van der Waals surface area contributed by atoms with E-state index in [9.17, 15) is 5.11 Å². The number of rotatable bonds is 3. The minimum Gasteiger partial charge on any atom is -0.390 e. The highest BCUT2D eigenvalue weighted by molar-refractivity contribution is 4.90. The molecule has 0 spiro atoms. The molecule has 2 N–H and O–H groups in total. The fourth-order valence-corrected chi connectivity index (χ4v) is 2.45. The monoisotopic (exact) mass is 199 g/mol. The van der Waals surface area contributed by atoms with Gasteiger partial charge in [0, 0.05) is 0 Å².